The van der Waals surface area contributed by atoms with Crippen LogP contribution < -0.4 is 0 Å². The molecular weight excluding hydrogens is 284 g/mol. The number of amidine groups is 1. The lowest BCUT2D eigenvalue weighted by atomic mass is 10.1. The highest BCUT2D eigenvalue weighted by Crippen LogP contribution is 2.12. The van der Waals surface area contributed by atoms with E-state index < -0.39 is 6.23 Å². The third kappa shape index (κ3) is 9.80. The fraction of sp³-hybridized carbons (Fsp3) is 0.850. The van der Waals surface area contributed by atoms with Crippen LogP contribution in [0.2, 0.25) is 0 Å². The number of allylic oxidation sites excluding steroid dienone is 1. The van der Waals surface area contributed by atoms with Gasteiger partial charge < -0.3 is 10.0 Å². The zero-order valence-electron chi connectivity index (χ0n) is 15.5. The van der Waals surface area contributed by atoms with Crippen molar-refractivity contribution in [1.82, 2.24) is 4.90 Å². The molecule has 0 amide bonds. The van der Waals surface area contributed by atoms with Gasteiger partial charge >= 0.3 is 0 Å². The van der Waals surface area contributed by atoms with E-state index in [2.05, 4.69) is 24.1 Å². The predicted molar refractivity (Wildman–Crippen MR) is 101 cm³/mol. The molecule has 0 radical (unpaired) electrons. The maximum Gasteiger partial charge on any atom is 0.125 e. The van der Waals surface area contributed by atoms with Crippen LogP contribution in [0.5, 0.6) is 0 Å². The number of unbranched alkanes of at least 4 members (excludes halogenated alkanes) is 11. The van der Waals surface area contributed by atoms with E-state index >= 15 is 0 Å². The summed E-state index contributed by atoms with van der Waals surface area (Å²) in [4.78, 5) is 6.38. The van der Waals surface area contributed by atoms with Crippen LogP contribution in [0.4, 0.5) is 0 Å². The minimum absolute atomic E-state index is 0.428. The highest BCUT2D eigenvalue weighted by molar-refractivity contribution is 5.94. The molecule has 1 heterocycles. The minimum atomic E-state index is -0.428. The zero-order chi connectivity index (χ0) is 16.8. The Bertz CT molecular complexity index is 337. The van der Waals surface area contributed by atoms with Gasteiger partial charge in [-0.1, -0.05) is 77.2 Å². The van der Waals surface area contributed by atoms with Crippen LogP contribution in [0.25, 0.3) is 0 Å². The van der Waals surface area contributed by atoms with Crippen molar-refractivity contribution >= 4 is 5.84 Å². The van der Waals surface area contributed by atoms with Crippen molar-refractivity contribution in [3.63, 3.8) is 0 Å². The van der Waals surface area contributed by atoms with Crippen molar-refractivity contribution < 1.29 is 5.11 Å². The van der Waals surface area contributed by atoms with E-state index in [-0.39, 0.29) is 0 Å². The van der Waals surface area contributed by atoms with E-state index in [0.29, 0.717) is 0 Å². The van der Waals surface area contributed by atoms with Gasteiger partial charge in [0.05, 0.1) is 6.54 Å². The normalized spacial score (nSPS) is 16.3. The quantitative estimate of drug-likeness (QED) is 0.441. The molecule has 0 aromatic heterocycles. The van der Waals surface area contributed by atoms with Crippen molar-refractivity contribution in [2.75, 3.05) is 13.1 Å². The molecule has 23 heavy (non-hydrogen) atoms. The van der Waals surface area contributed by atoms with E-state index in [1.165, 1.54) is 70.6 Å². The lowest BCUT2D eigenvalue weighted by molar-refractivity contribution is 0.0788. The van der Waals surface area contributed by atoms with E-state index in [0.717, 1.165) is 25.3 Å². The third-order valence-electron chi connectivity index (χ3n) is 4.60. The number of aliphatic imine (C=N–C) groups is 1. The second-order valence-corrected chi connectivity index (χ2v) is 6.79. The highest BCUT2D eigenvalue weighted by Gasteiger charge is 2.17. The fourth-order valence-electron chi connectivity index (χ4n) is 3.12. The molecule has 0 aliphatic carbocycles. The van der Waals surface area contributed by atoms with Gasteiger partial charge in [0, 0.05) is 6.54 Å². The minimum Gasteiger partial charge on any atom is -0.374 e. The smallest absolute Gasteiger partial charge is 0.125 e. The number of hydrogen-bond donors (Lipinski definition) is 1. The number of hydrogen-bond acceptors (Lipinski definition) is 3. The molecular formula is C20H38N2O. The van der Waals surface area contributed by atoms with E-state index in [1.54, 1.807) is 6.92 Å². The monoisotopic (exact) mass is 322 g/mol. The molecule has 3 heteroatoms. The van der Waals surface area contributed by atoms with E-state index in [9.17, 15) is 5.11 Å². The van der Waals surface area contributed by atoms with E-state index in [1.807, 2.05) is 4.90 Å². The molecule has 0 bridgehead atoms. The topological polar surface area (TPSA) is 35.8 Å². The molecule has 0 saturated carbocycles. The molecule has 0 saturated heterocycles. The molecule has 0 spiro atoms. The van der Waals surface area contributed by atoms with Gasteiger partial charge in [-0.25, -0.2) is 0 Å². The van der Waals surface area contributed by atoms with Gasteiger partial charge in [-0.2, -0.15) is 0 Å². The van der Waals surface area contributed by atoms with Gasteiger partial charge in [0.1, 0.15) is 12.1 Å². The predicted octanol–water partition coefficient (Wildman–Crippen LogP) is 5.30. The first kappa shape index (κ1) is 20.2. The molecule has 0 aromatic rings. The number of aliphatic hydroxyl groups is 1. The number of rotatable bonds is 14. The average molecular weight is 323 g/mol. The van der Waals surface area contributed by atoms with Crippen LogP contribution in [-0.2, 0) is 0 Å². The summed E-state index contributed by atoms with van der Waals surface area (Å²) in [7, 11) is 0. The molecule has 1 aliphatic rings. The first-order valence-electron chi connectivity index (χ1n) is 9.91. The van der Waals surface area contributed by atoms with Crippen LogP contribution in [0, 0.1) is 0 Å². The summed E-state index contributed by atoms with van der Waals surface area (Å²) in [6.45, 7) is 5.73. The Morgan fingerprint density at radius 3 is 2.13 bits per heavy atom. The van der Waals surface area contributed by atoms with Crippen LogP contribution in [-0.4, -0.2) is 35.2 Å². The molecule has 1 atom stereocenters. The Hall–Kier alpha value is -0.830. The first-order chi connectivity index (χ1) is 11.3. The Balaban J connectivity index is 1.89. The highest BCUT2D eigenvalue weighted by atomic mass is 16.3. The second kappa shape index (κ2) is 13.6. The molecule has 134 valence electrons. The molecule has 1 rings (SSSR count). The summed E-state index contributed by atoms with van der Waals surface area (Å²) < 4.78 is 0. The lowest BCUT2D eigenvalue weighted by Crippen LogP contribution is -2.34. The molecule has 1 aliphatic heterocycles. The molecule has 1 N–H and O–H groups in total. The maximum atomic E-state index is 9.64. The average Bonchev–Trinajstić information content (AvgIpc) is 3.00. The van der Waals surface area contributed by atoms with Crippen LogP contribution >= 0.6 is 0 Å². The molecule has 0 fully saturated rings. The van der Waals surface area contributed by atoms with Gasteiger partial charge in [0.15, 0.2) is 0 Å². The largest absolute Gasteiger partial charge is 0.374 e. The molecule has 3 nitrogen and oxygen atoms in total. The van der Waals surface area contributed by atoms with Gasteiger partial charge in [-0.05, 0) is 25.8 Å². The summed E-state index contributed by atoms with van der Waals surface area (Å²) in [5.74, 6) is 0.947. The molecule has 0 aromatic carbocycles. The van der Waals surface area contributed by atoms with Crippen LogP contribution in [0.15, 0.2) is 17.1 Å². The van der Waals surface area contributed by atoms with Crippen LogP contribution in [0.1, 0.15) is 90.9 Å². The zero-order valence-corrected chi connectivity index (χ0v) is 15.5. The van der Waals surface area contributed by atoms with Crippen molar-refractivity contribution in [3.05, 3.63) is 12.2 Å². The summed E-state index contributed by atoms with van der Waals surface area (Å²) in [6.07, 6.45) is 20.3. The summed E-state index contributed by atoms with van der Waals surface area (Å²) in [5.41, 5.74) is 0. The van der Waals surface area contributed by atoms with Crippen molar-refractivity contribution in [1.29, 1.82) is 0 Å². The first-order valence-corrected chi connectivity index (χ1v) is 9.91. The standard InChI is InChI=1S/C20H38N2O/c1-3-4-5-6-7-8-9-10-11-12-13-14-15-16-20-21-17-18-22(20)19(2)23/h15-16,19,23H,3-14,17-18H2,1-2H3/b16-15+. The van der Waals surface area contributed by atoms with Crippen molar-refractivity contribution in [3.8, 4) is 0 Å². The SMILES string of the molecule is CCCCCCCCCCCCC/C=C/C1=NCCN1C(C)O. The van der Waals surface area contributed by atoms with Crippen molar-refractivity contribution in [2.24, 2.45) is 4.99 Å². The Kier molecular flexibility index (Phi) is 11.9. The summed E-state index contributed by atoms with van der Waals surface area (Å²) in [6, 6.07) is 0. The lowest BCUT2D eigenvalue weighted by Gasteiger charge is -2.21. The number of nitrogens with zero attached hydrogens (tertiary/aromatic N) is 2. The van der Waals surface area contributed by atoms with Gasteiger partial charge in [0.2, 0.25) is 0 Å². The van der Waals surface area contributed by atoms with Gasteiger partial charge in [0.25, 0.3) is 0 Å². The Labute approximate surface area is 143 Å². The van der Waals surface area contributed by atoms with Crippen LogP contribution in [0.3, 0.4) is 0 Å². The van der Waals surface area contributed by atoms with Gasteiger partial charge in [-0.3, -0.25) is 4.99 Å². The Morgan fingerprint density at radius 2 is 1.57 bits per heavy atom. The fourth-order valence-corrected chi connectivity index (χ4v) is 3.12. The van der Waals surface area contributed by atoms with Crippen molar-refractivity contribution in [2.45, 2.75) is 97.1 Å². The summed E-state index contributed by atoms with van der Waals surface area (Å²) in [5, 5.41) is 9.64. The maximum absolute atomic E-state index is 9.64. The van der Waals surface area contributed by atoms with Gasteiger partial charge in [-0.15, -0.1) is 0 Å². The number of aliphatic hydroxyl groups excluding tert-OH is 1. The van der Waals surface area contributed by atoms with E-state index in [4.69, 9.17) is 0 Å². The Morgan fingerprint density at radius 1 is 1.00 bits per heavy atom. The molecule has 1 unspecified atom stereocenters. The second-order valence-electron chi connectivity index (χ2n) is 6.79. The summed E-state index contributed by atoms with van der Waals surface area (Å²) >= 11 is 0. The third-order valence-corrected chi connectivity index (χ3v) is 4.60.